The van der Waals surface area contributed by atoms with Crippen LogP contribution in [-0.2, 0) is 12.4 Å². The summed E-state index contributed by atoms with van der Waals surface area (Å²) < 4.78 is 89.6. The van der Waals surface area contributed by atoms with Gasteiger partial charge in [-0.05, 0) is 49.2 Å². The van der Waals surface area contributed by atoms with Crippen molar-refractivity contribution in [2.75, 3.05) is 19.8 Å². The number of ether oxygens (including phenoxy) is 2. The zero-order chi connectivity index (χ0) is 25.6. The smallest absolute Gasteiger partial charge is 0.419 e. The Bertz CT molecular complexity index is 1120. The SMILES string of the molecule is NC(CO)c1nnc(-c2ccc(OCCCCOc3cccc(C(F)(F)F)c3)c(C(F)(F)F)c2)s1. The van der Waals surface area contributed by atoms with Gasteiger partial charge in [-0.25, -0.2) is 0 Å². The van der Waals surface area contributed by atoms with Crippen LogP contribution in [-0.4, -0.2) is 35.1 Å². The number of hydrogen-bond donors (Lipinski definition) is 2. The van der Waals surface area contributed by atoms with E-state index in [0.717, 1.165) is 29.5 Å². The molecule has 190 valence electrons. The van der Waals surface area contributed by atoms with E-state index in [1.165, 1.54) is 24.3 Å². The predicted octanol–water partition coefficient (Wildman–Crippen LogP) is 5.47. The molecule has 6 nitrogen and oxygen atoms in total. The summed E-state index contributed by atoms with van der Waals surface area (Å²) in [6.07, 6.45) is -8.50. The van der Waals surface area contributed by atoms with Crippen molar-refractivity contribution in [1.29, 1.82) is 0 Å². The predicted molar refractivity (Wildman–Crippen MR) is 116 cm³/mol. The van der Waals surface area contributed by atoms with Crippen LogP contribution in [0.4, 0.5) is 26.3 Å². The van der Waals surface area contributed by atoms with Crippen molar-refractivity contribution in [3.8, 4) is 22.1 Å². The largest absolute Gasteiger partial charge is 0.494 e. The summed E-state index contributed by atoms with van der Waals surface area (Å²) in [6, 6.07) is 7.16. The van der Waals surface area contributed by atoms with Crippen molar-refractivity contribution < 1.29 is 40.9 Å². The van der Waals surface area contributed by atoms with Crippen LogP contribution >= 0.6 is 11.3 Å². The number of alkyl halides is 6. The van der Waals surface area contributed by atoms with Gasteiger partial charge < -0.3 is 20.3 Å². The molecule has 0 bridgehead atoms. The third-order valence-corrected chi connectivity index (χ3v) is 5.82. The second kappa shape index (κ2) is 11.2. The molecule has 0 amide bonds. The Morgan fingerprint density at radius 3 is 2.29 bits per heavy atom. The number of rotatable bonds is 10. The lowest BCUT2D eigenvalue weighted by Crippen LogP contribution is -2.13. The molecule has 0 aliphatic rings. The molecule has 3 N–H and O–H groups in total. The van der Waals surface area contributed by atoms with E-state index in [1.807, 2.05) is 0 Å². The zero-order valence-corrected chi connectivity index (χ0v) is 18.9. The van der Waals surface area contributed by atoms with E-state index < -0.39 is 29.5 Å². The highest BCUT2D eigenvalue weighted by Gasteiger charge is 2.35. The molecular formula is C22H21F6N3O3S. The molecule has 35 heavy (non-hydrogen) atoms. The average Bonchev–Trinajstić information content (AvgIpc) is 3.30. The molecule has 1 atom stereocenters. The fourth-order valence-electron chi connectivity index (χ4n) is 2.93. The Balaban J connectivity index is 1.57. The van der Waals surface area contributed by atoms with E-state index in [2.05, 4.69) is 10.2 Å². The van der Waals surface area contributed by atoms with Crippen LogP contribution in [0.15, 0.2) is 42.5 Å². The van der Waals surface area contributed by atoms with Crippen LogP contribution in [0.2, 0.25) is 0 Å². The van der Waals surface area contributed by atoms with Crippen LogP contribution in [0, 0.1) is 0 Å². The van der Waals surface area contributed by atoms with Crippen LogP contribution in [0.3, 0.4) is 0 Å². The topological polar surface area (TPSA) is 90.5 Å². The Morgan fingerprint density at radius 2 is 1.63 bits per heavy atom. The van der Waals surface area contributed by atoms with Crippen molar-refractivity contribution >= 4 is 11.3 Å². The lowest BCUT2D eigenvalue weighted by Gasteiger charge is -2.15. The molecule has 0 radical (unpaired) electrons. The Kier molecular flexibility index (Phi) is 8.56. The molecule has 0 spiro atoms. The number of aromatic nitrogens is 2. The van der Waals surface area contributed by atoms with E-state index in [-0.39, 0.29) is 41.9 Å². The number of aliphatic hydroxyl groups excluding tert-OH is 1. The van der Waals surface area contributed by atoms with Crippen molar-refractivity contribution in [2.24, 2.45) is 5.73 Å². The molecule has 0 aliphatic carbocycles. The summed E-state index contributed by atoms with van der Waals surface area (Å²) in [5, 5.41) is 17.2. The minimum atomic E-state index is -4.69. The lowest BCUT2D eigenvalue weighted by atomic mass is 10.1. The number of aliphatic hydroxyl groups is 1. The van der Waals surface area contributed by atoms with Crippen LogP contribution < -0.4 is 15.2 Å². The average molecular weight is 521 g/mol. The molecule has 0 saturated carbocycles. The Hall–Kier alpha value is -2.90. The lowest BCUT2D eigenvalue weighted by molar-refractivity contribution is -0.139. The number of nitrogens with zero attached hydrogens (tertiary/aromatic N) is 2. The van der Waals surface area contributed by atoms with Crippen molar-refractivity contribution in [2.45, 2.75) is 31.2 Å². The van der Waals surface area contributed by atoms with Crippen molar-refractivity contribution in [3.63, 3.8) is 0 Å². The first-order chi connectivity index (χ1) is 16.5. The Morgan fingerprint density at radius 1 is 0.914 bits per heavy atom. The van der Waals surface area contributed by atoms with Gasteiger partial charge in [0.1, 0.15) is 21.5 Å². The normalized spacial score (nSPS) is 13.0. The summed E-state index contributed by atoms with van der Waals surface area (Å²) in [6.45, 7) is -0.353. The molecule has 2 aromatic carbocycles. The van der Waals surface area contributed by atoms with Gasteiger partial charge in [-0.1, -0.05) is 17.4 Å². The number of benzene rings is 2. The molecule has 0 fully saturated rings. The second-order valence-corrected chi connectivity index (χ2v) is 8.38. The molecule has 13 heteroatoms. The first-order valence-corrected chi connectivity index (χ1v) is 11.1. The van der Waals surface area contributed by atoms with E-state index in [9.17, 15) is 26.3 Å². The van der Waals surface area contributed by atoms with E-state index in [1.54, 1.807) is 0 Å². The number of hydrogen-bond acceptors (Lipinski definition) is 7. The van der Waals surface area contributed by atoms with Crippen LogP contribution in [0.1, 0.15) is 35.0 Å². The molecule has 3 rings (SSSR count). The van der Waals surface area contributed by atoms with Gasteiger partial charge >= 0.3 is 12.4 Å². The third-order valence-electron chi connectivity index (χ3n) is 4.71. The highest BCUT2D eigenvalue weighted by atomic mass is 32.1. The number of nitrogens with two attached hydrogens (primary N) is 1. The summed E-state index contributed by atoms with van der Waals surface area (Å²) in [5.74, 6) is -0.313. The van der Waals surface area contributed by atoms with Gasteiger partial charge in [0.2, 0.25) is 0 Å². The summed E-state index contributed by atoms with van der Waals surface area (Å²) >= 11 is 0.979. The number of unbranched alkanes of at least 4 members (excludes halogenated alkanes) is 1. The molecule has 3 aromatic rings. The van der Waals surface area contributed by atoms with E-state index >= 15 is 0 Å². The maximum absolute atomic E-state index is 13.6. The molecule has 0 saturated heterocycles. The van der Waals surface area contributed by atoms with Gasteiger partial charge in [0, 0.05) is 5.56 Å². The molecule has 1 aromatic heterocycles. The van der Waals surface area contributed by atoms with Crippen molar-refractivity contribution in [1.82, 2.24) is 10.2 Å². The van der Waals surface area contributed by atoms with Gasteiger partial charge in [-0.3, -0.25) is 0 Å². The van der Waals surface area contributed by atoms with Crippen LogP contribution in [0.25, 0.3) is 10.6 Å². The molecule has 1 unspecified atom stereocenters. The van der Waals surface area contributed by atoms with Gasteiger partial charge in [-0.15, -0.1) is 10.2 Å². The highest BCUT2D eigenvalue weighted by molar-refractivity contribution is 7.14. The van der Waals surface area contributed by atoms with E-state index in [0.29, 0.717) is 17.8 Å². The molecule has 1 heterocycles. The van der Waals surface area contributed by atoms with Gasteiger partial charge in [0.15, 0.2) is 0 Å². The quantitative estimate of drug-likeness (QED) is 0.272. The third kappa shape index (κ3) is 7.29. The minimum Gasteiger partial charge on any atom is -0.494 e. The number of halogens is 6. The maximum atomic E-state index is 13.6. The minimum absolute atomic E-state index is 0.0514. The zero-order valence-electron chi connectivity index (χ0n) is 18.1. The van der Waals surface area contributed by atoms with Gasteiger partial charge in [0.25, 0.3) is 0 Å². The Labute approximate surface area is 200 Å². The maximum Gasteiger partial charge on any atom is 0.419 e. The summed E-state index contributed by atoms with van der Waals surface area (Å²) in [7, 11) is 0. The highest BCUT2D eigenvalue weighted by Crippen LogP contribution is 2.39. The fraction of sp³-hybridized carbons (Fsp3) is 0.364. The molecular weight excluding hydrogens is 500 g/mol. The summed E-state index contributed by atoms with van der Waals surface area (Å²) in [4.78, 5) is 0. The van der Waals surface area contributed by atoms with Crippen molar-refractivity contribution in [3.05, 3.63) is 58.6 Å². The monoisotopic (exact) mass is 521 g/mol. The van der Waals surface area contributed by atoms with Gasteiger partial charge in [-0.2, -0.15) is 26.3 Å². The standard InChI is InChI=1S/C22H21F6N3O3S/c23-21(24,25)14-4-3-5-15(11-14)33-8-1-2-9-34-18-7-6-13(10-16(18)22(26,27)28)19-30-31-20(35-19)17(29)12-32/h3-7,10-11,17,32H,1-2,8-9,12,29H2. The van der Waals surface area contributed by atoms with Crippen LogP contribution in [0.5, 0.6) is 11.5 Å². The first-order valence-electron chi connectivity index (χ1n) is 10.3. The summed E-state index contributed by atoms with van der Waals surface area (Å²) in [5.41, 5.74) is 4.01. The molecule has 0 aliphatic heterocycles. The first kappa shape index (κ1) is 26.7. The van der Waals surface area contributed by atoms with E-state index in [4.69, 9.17) is 20.3 Å². The fourth-order valence-corrected chi connectivity index (χ4v) is 3.76. The second-order valence-electron chi connectivity index (χ2n) is 7.37. The van der Waals surface area contributed by atoms with Gasteiger partial charge in [0.05, 0.1) is 37.0 Å².